The van der Waals surface area contributed by atoms with Gasteiger partial charge in [-0.25, -0.2) is 13.2 Å². The van der Waals surface area contributed by atoms with Crippen LogP contribution in [-0.2, 0) is 11.3 Å². The maximum atomic E-state index is 13.4. The van der Waals surface area contributed by atoms with E-state index in [1.807, 2.05) is 0 Å². The van der Waals surface area contributed by atoms with Crippen LogP contribution < -0.4 is 5.32 Å². The Morgan fingerprint density at radius 1 is 1.20 bits per heavy atom. The fourth-order valence-electron chi connectivity index (χ4n) is 2.55. The van der Waals surface area contributed by atoms with Gasteiger partial charge in [0, 0.05) is 24.2 Å². The minimum Gasteiger partial charge on any atom is -0.481 e. The standard InChI is InChI=1S/C14H16F3NO2/c15-11-6-13(17)12(16)5-9(11)7-18-10-3-1-2-8(4-10)14(19)20/h5-6,8,10,18H,1-4,7H2,(H,19,20). The van der Waals surface area contributed by atoms with Gasteiger partial charge in [0.1, 0.15) is 5.82 Å². The van der Waals surface area contributed by atoms with Crippen molar-refractivity contribution < 1.29 is 23.1 Å². The summed E-state index contributed by atoms with van der Waals surface area (Å²) >= 11 is 0. The molecule has 2 unspecified atom stereocenters. The number of hydrogen-bond donors (Lipinski definition) is 2. The summed E-state index contributed by atoms with van der Waals surface area (Å²) in [5, 5.41) is 12.0. The molecule has 20 heavy (non-hydrogen) atoms. The third-order valence-corrected chi connectivity index (χ3v) is 3.69. The molecule has 1 aromatic carbocycles. The van der Waals surface area contributed by atoms with Gasteiger partial charge in [-0.05, 0) is 25.3 Å². The lowest BCUT2D eigenvalue weighted by atomic mass is 9.86. The molecule has 0 bridgehead atoms. The van der Waals surface area contributed by atoms with Gasteiger partial charge in [-0.1, -0.05) is 6.42 Å². The molecule has 1 fully saturated rings. The van der Waals surface area contributed by atoms with Crippen molar-refractivity contribution in [2.24, 2.45) is 5.92 Å². The van der Waals surface area contributed by atoms with Crippen LogP contribution in [0.1, 0.15) is 31.2 Å². The summed E-state index contributed by atoms with van der Waals surface area (Å²) in [6, 6.07) is 1.31. The Morgan fingerprint density at radius 2 is 1.90 bits per heavy atom. The number of halogens is 3. The first kappa shape index (κ1) is 14.8. The molecule has 0 heterocycles. The molecule has 0 radical (unpaired) electrons. The predicted octanol–water partition coefficient (Wildman–Crippen LogP) is 2.84. The van der Waals surface area contributed by atoms with E-state index in [1.54, 1.807) is 0 Å². The Hall–Kier alpha value is -1.56. The van der Waals surface area contributed by atoms with Crippen LogP contribution in [0.3, 0.4) is 0 Å². The first-order valence-electron chi connectivity index (χ1n) is 6.57. The zero-order valence-corrected chi connectivity index (χ0v) is 10.8. The molecule has 2 N–H and O–H groups in total. The van der Waals surface area contributed by atoms with E-state index < -0.39 is 29.3 Å². The van der Waals surface area contributed by atoms with E-state index in [0.29, 0.717) is 18.9 Å². The maximum absolute atomic E-state index is 13.4. The summed E-state index contributed by atoms with van der Waals surface area (Å²) in [5.41, 5.74) is 0.0429. The lowest BCUT2D eigenvalue weighted by Crippen LogP contribution is -2.36. The Labute approximate surface area is 114 Å². The molecule has 3 nitrogen and oxygen atoms in total. The van der Waals surface area contributed by atoms with Gasteiger partial charge in [0.15, 0.2) is 11.6 Å². The van der Waals surface area contributed by atoms with Crippen LogP contribution in [0.2, 0.25) is 0 Å². The van der Waals surface area contributed by atoms with E-state index in [1.165, 1.54) is 0 Å². The van der Waals surface area contributed by atoms with Crippen LogP contribution in [0.15, 0.2) is 12.1 Å². The Morgan fingerprint density at radius 3 is 2.60 bits per heavy atom. The van der Waals surface area contributed by atoms with Gasteiger partial charge in [0.2, 0.25) is 0 Å². The monoisotopic (exact) mass is 287 g/mol. The lowest BCUT2D eigenvalue weighted by molar-refractivity contribution is -0.143. The van der Waals surface area contributed by atoms with Crippen molar-refractivity contribution in [3.05, 3.63) is 35.1 Å². The zero-order valence-electron chi connectivity index (χ0n) is 10.8. The molecular formula is C14H16F3NO2. The second-order valence-corrected chi connectivity index (χ2v) is 5.14. The first-order chi connectivity index (χ1) is 9.47. The summed E-state index contributed by atoms with van der Waals surface area (Å²) in [6.45, 7) is 0.0556. The van der Waals surface area contributed by atoms with Crippen molar-refractivity contribution in [2.75, 3.05) is 0 Å². The summed E-state index contributed by atoms with van der Waals surface area (Å²) in [4.78, 5) is 10.9. The van der Waals surface area contributed by atoms with Gasteiger partial charge in [-0.2, -0.15) is 0 Å². The molecule has 2 atom stereocenters. The van der Waals surface area contributed by atoms with E-state index in [0.717, 1.165) is 18.9 Å². The number of aliphatic carboxylic acids is 1. The minimum atomic E-state index is -1.21. The van der Waals surface area contributed by atoms with E-state index in [2.05, 4.69) is 5.32 Å². The van der Waals surface area contributed by atoms with Gasteiger partial charge >= 0.3 is 5.97 Å². The molecule has 1 aromatic rings. The number of carboxylic acids is 1. The molecule has 1 aliphatic carbocycles. The van der Waals surface area contributed by atoms with Crippen molar-refractivity contribution in [1.29, 1.82) is 0 Å². The topological polar surface area (TPSA) is 49.3 Å². The number of rotatable bonds is 4. The zero-order chi connectivity index (χ0) is 14.7. The van der Waals surface area contributed by atoms with Crippen LogP contribution in [0.5, 0.6) is 0 Å². The molecule has 0 aliphatic heterocycles. The molecule has 0 spiro atoms. The number of benzene rings is 1. The molecular weight excluding hydrogens is 271 g/mol. The number of hydrogen-bond acceptors (Lipinski definition) is 2. The highest BCUT2D eigenvalue weighted by atomic mass is 19.2. The second-order valence-electron chi connectivity index (χ2n) is 5.14. The molecule has 1 aliphatic rings. The van der Waals surface area contributed by atoms with Crippen molar-refractivity contribution in [2.45, 2.75) is 38.3 Å². The maximum Gasteiger partial charge on any atom is 0.306 e. The Balaban J connectivity index is 1.95. The summed E-state index contributed by atoms with van der Waals surface area (Å²) in [6.07, 6.45) is 2.71. The van der Waals surface area contributed by atoms with E-state index >= 15 is 0 Å². The van der Waals surface area contributed by atoms with Crippen LogP contribution in [0.25, 0.3) is 0 Å². The summed E-state index contributed by atoms with van der Waals surface area (Å²) in [5.74, 6) is -4.32. The molecule has 1 saturated carbocycles. The Bertz CT molecular complexity index is 507. The summed E-state index contributed by atoms with van der Waals surface area (Å²) in [7, 11) is 0. The molecule has 6 heteroatoms. The molecule has 0 saturated heterocycles. The smallest absolute Gasteiger partial charge is 0.306 e. The SMILES string of the molecule is O=C(O)C1CCCC(NCc2cc(F)c(F)cc2F)C1. The summed E-state index contributed by atoms with van der Waals surface area (Å²) < 4.78 is 39.3. The van der Waals surface area contributed by atoms with Crippen molar-refractivity contribution in [3.63, 3.8) is 0 Å². The highest BCUT2D eigenvalue weighted by Gasteiger charge is 2.26. The third kappa shape index (κ3) is 3.50. The Kier molecular flexibility index (Phi) is 4.65. The quantitative estimate of drug-likeness (QED) is 0.837. The highest BCUT2D eigenvalue weighted by molar-refractivity contribution is 5.70. The molecule has 2 rings (SSSR count). The van der Waals surface area contributed by atoms with Gasteiger partial charge in [-0.3, -0.25) is 4.79 Å². The molecule has 0 aromatic heterocycles. The highest BCUT2D eigenvalue weighted by Crippen LogP contribution is 2.25. The third-order valence-electron chi connectivity index (χ3n) is 3.69. The second kappa shape index (κ2) is 6.26. The normalized spacial score (nSPS) is 22.8. The molecule has 0 amide bonds. The number of carbonyl (C=O) groups is 1. The van der Waals surface area contributed by atoms with Gasteiger partial charge in [-0.15, -0.1) is 0 Å². The van der Waals surface area contributed by atoms with E-state index in [9.17, 15) is 18.0 Å². The van der Waals surface area contributed by atoms with Crippen molar-refractivity contribution >= 4 is 5.97 Å². The van der Waals surface area contributed by atoms with E-state index in [-0.39, 0.29) is 18.2 Å². The van der Waals surface area contributed by atoms with Gasteiger partial charge < -0.3 is 10.4 Å². The number of nitrogens with one attached hydrogen (secondary N) is 1. The van der Waals surface area contributed by atoms with Crippen LogP contribution in [0.4, 0.5) is 13.2 Å². The minimum absolute atomic E-state index is 0.0429. The number of carboxylic acid groups (broad SMARTS) is 1. The predicted molar refractivity (Wildman–Crippen MR) is 66.5 cm³/mol. The van der Waals surface area contributed by atoms with E-state index in [4.69, 9.17) is 5.11 Å². The van der Waals surface area contributed by atoms with Crippen LogP contribution >= 0.6 is 0 Å². The average Bonchev–Trinajstić information content (AvgIpc) is 2.41. The van der Waals surface area contributed by atoms with Crippen molar-refractivity contribution in [1.82, 2.24) is 5.32 Å². The fourth-order valence-corrected chi connectivity index (χ4v) is 2.55. The molecule has 110 valence electrons. The van der Waals surface area contributed by atoms with Crippen molar-refractivity contribution in [3.8, 4) is 0 Å². The van der Waals surface area contributed by atoms with Crippen LogP contribution in [0, 0.1) is 23.4 Å². The van der Waals surface area contributed by atoms with Gasteiger partial charge in [0.25, 0.3) is 0 Å². The lowest BCUT2D eigenvalue weighted by Gasteiger charge is -2.27. The van der Waals surface area contributed by atoms with Gasteiger partial charge in [0.05, 0.1) is 5.92 Å². The fraction of sp³-hybridized carbons (Fsp3) is 0.500. The largest absolute Gasteiger partial charge is 0.481 e. The average molecular weight is 287 g/mol. The van der Waals surface area contributed by atoms with Crippen LogP contribution in [-0.4, -0.2) is 17.1 Å². The first-order valence-corrected chi connectivity index (χ1v) is 6.57.